The van der Waals surface area contributed by atoms with Gasteiger partial charge in [-0.3, -0.25) is 4.79 Å². The van der Waals surface area contributed by atoms with E-state index in [1.807, 2.05) is 31.2 Å². The normalized spacial score (nSPS) is 26.1. The Labute approximate surface area is 178 Å². The largest absolute Gasteiger partial charge is 0.496 e. The number of nitrogens with one attached hydrogen (secondary N) is 1. The molecule has 0 saturated carbocycles. The van der Waals surface area contributed by atoms with Crippen molar-refractivity contribution < 1.29 is 19.1 Å². The van der Waals surface area contributed by atoms with Crippen LogP contribution in [-0.2, 0) is 14.4 Å². The summed E-state index contributed by atoms with van der Waals surface area (Å²) in [5.41, 5.74) is 0.671. The van der Waals surface area contributed by atoms with E-state index in [0.717, 1.165) is 62.7 Å². The van der Waals surface area contributed by atoms with Gasteiger partial charge in [-0.05, 0) is 57.8 Å². The molecule has 0 radical (unpaired) electrons. The average Bonchev–Trinajstić information content (AvgIpc) is 3.43. The van der Waals surface area contributed by atoms with E-state index in [2.05, 4.69) is 15.4 Å². The lowest BCUT2D eigenvalue weighted by atomic mass is 9.79. The maximum absolute atomic E-state index is 13.1. The number of oxime groups is 1. The number of hydrogen-bond acceptors (Lipinski definition) is 6. The van der Waals surface area contributed by atoms with E-state index in [9.17, 15) is 4.79 Å². The Morgan fingerprint density at radius 2 is 1.97 bits per heavy atom. The first-order valence-electron chi connectivity index (χ1n) is 11.0. The molecule has 1 amide bonds. The fourth-order valence-electron chi connectivity index (χ4n) is 4.75. The molecule has 4 rings (SSSR count). The molecule has 164 valence electrons. The van der Waals surface area contributed by atoms with Gasteiger partial charge >= 0.3 is 0 Å². The first-order chi connectivity index (χ1) is 14.5. The van der Waals surface area contributed by atoms with Crippen molar-refractivity contribution in [1.29, 1.82) is 0 Å². The number of methoxy groups -OCH3 is 1. The molecule has 3 heterocycles. The summed E-state index contributed by atoms with van der Waals surface area (Å²) in [6.45, 7) is 7.33. The SMILES string of the molecule is COc1ccccc1C1=NOC(C)(C(=O)NCC2(CN3CCCC3)CCOCC2)C1. The molecule has 1 aromatic rings. The molecule has 0 bridgehead atoms. The Morgan fingerprint density at radius 1 is 1.23 bits per heavy atom. The number of hydrogen-bond donors (Lipinski definition) is 1. The number of likely N-dealkylation sites (tertiary alicyclic amines) is 1. The van der Waals surface area contributed by atoms with Crippen LogP contribution >= 0.6 is 0 Å². The second-order valence-electron chi connectivity index (χ2n) is 9.02. The van der Waals surface area contributed by atoms with Gasteiger partial charge in [-0.25, -0.2) is 0 Å². The van der Waals surface area contributed by atoms with E-state index in [0.29, 0.717) is 13.0 Å². The monoisotopic (exact) mass is 415 g/mol. The van der Waals surface area contributed by atoms with Crippen LogP contribution in [0.1, 0.15) is 44.6 Å². The van der Waals surface area contributed by atoms with E-state index in [-0.39, 0.29) is 11.3 Å². The van der Waals surface area contributed by atoms with Crippen LogP contribution in [0, 0.1) is 5.41 Å². The molecule has 1 atom stereocenters. The minimum atomic E-state index is -1.00. The molecule has 1 unspecified atom stereocenters. The second kappa shape index (κ2) is 8.94. The summed E-state index contributed by atoms with van der Waals surface area (Å²) in [5, 5.41) is 7.43. The van der Waals surface area contributed by atoms with Gasteiger partial charge in [0.2, 0.25) is 5.60 Å². The van der Waals surface area contributed by atoms with Crippen LogP contribution in [0.4, 0.5) is 0 Å². The van der Waals surface area contributed by atoms with E-state index in [1.165, 1.54) is 12.8 Å². The summed E-state index contributed by atoms with van der Waals surface area (Å²) < 4.78 is 11.1. The van der Waals surface area contributed by atoms with Gasteiger partial charge in [0.25, 0.3) is 5.91 Å². The molecule has 3 aliphatic rings. The van der Waals surface area contributed by atoms with Gasteiger partial charge in [-0.2, -0.15) is 0 Å². The predicted molar refractivity (Wildman–Crippen MR) is 115 cm³/mol. The van der Waals surface area contributed by atoms with Crippen LogP contribution < -0.4 is 10.1 Å². The highest BCUT2D eigenvalue weighted by molar-refractivity contribution is 6.07. The van der Waals surface area contributed by atoms with Gasteiger partial charge in [-0.15, -0.1) is 0 Å². The number of para-hydroxylation sites is 1. The first-order valence-corrected chi connectivity index (χ1v) is 11.0. The number of ether oxygens (including phenoxy) is 2. The molecular formula is C23H33N3O4. The Bertz CT molecular complexity index is 784. The summed E-state index contributed by atoms with van der Waals surface area (Å²) >= 11 is 0. The third-order valence-electron chi connectivity index (χ3n) is 6.70. The number of rotatable bonds is 7. The summed E-state index contributed by atoms with van der Waals surface area (Å²) in [4.78, 5) is 21.3. The third kappa shape index (κ3) is 4.47. The summed E-state index contributed by atoms with van der Waals surface area (Å²) in [6.07, 6.45) is 4.91. The van der Waals surface area contributed by atoms with Crippen molar-refractivity contribution in [2.75, 3.05) is 46.5 Å². The number of amides is 1. The zero-order chi connectivity index (χ0) is 21.0. The lowest BCUT2D eigenvalue weighted by Gasteiger charge is -2.40. The minimum Gasteiger partial charge on any atom is -0.496 e. The second-order valence-corrected chi connectivity index (χ2v) is 9.02. The van der Waals surface area contributed by atoms with E-state index >= 15 is 0 Å². The smallest absolute Gasteiger partial charge is 0.267 e. The molecule has 30 heavy (non-hydrogen) atoms. The Morgan fingerprint density at radius 3 is 2.70 bits per heavy atom. The van der Waals surface area contributed by atoms with Gasteiger partial charge in [0.1, 0.15) is 5.75 Å². The lowest BCUT2D eigenvalue weighted by molar-refractivity contribution is -0.142. The molecular weight excluding hydrogens is 382 g/mol. The van der Waals surface area contributed by atoms with Crippen LogP contribution in [0.15, 0.2) is 29.4 Å². The molecule has 2 fully saturated rings. The molecule has 0 aromatic heterocycles. The first kappa shape index (κ1) is 21.1. The zero-order valence-corrected chi connectivity index (χ0v) is 18.1. The summed E-state index contributed by atoms with van der Waals surface area (Å²) in [7, 11) is 1.63. The van der Waals surface area contributed by atoms with Crippen LogP contribution in [-0.4, -0.2) is 68.6 Å². The molecule has 0 spiro atoms. The topological polar surface area (TPSA) is 72.4 Å². The fourth-order valence-corrected chi connectivity index (χ4v) is 4.75. The zero-order valence-electron chi connectivity index (χ0n) is 18.1. The number of carbonyl (C=O) groups is 1. The molecule has 7 heteroatoms. The Hall–Kier alpha value is -2.12. The van der Waals surface area contributed by atoms with E-state index in [4.69, 9.17) is 14.3 Å². The molecule has 1 aromatic carbocycles. The Kier molecular flexibility index (Phi) is 6.29. The van der Waals surface area contributed by atoms with Crippen LogP contribution in [0.3, 0.4) is 0 Å². The van der Waals surface area contributed by atoms with Crippen LogP contribution in [0.5, 0.6) is 5.75 Å². The van der Waals surface area contributed by atoms with Crippen molar-refractivity contribution in [3.63, 3.8) is 0 Å². The highest BCUT2D eigenvalue weighted by atomic mass is 16.7. The fraction of sp³-hybridized carbons (Fsp3) is 0.652. The minimum absolute atomic E-state index is 0.0690. The Balaban J connectivity index is 1.39. The third-order valence-corrected chi connectivity index (χ3v) is 6.70. The quantitative estimate of drug-likeness (QED) is 0.741. The van der Waals surface area contributed by atoms with Crippen molar-refractivity contribution in [3.8, 4) is 5.75 Å². The number of nitrogens with zero attached hydrogens (tertiary/aromatic N) is 2. The van der Waals surface area contributed by atoms with Crippen LogP contribution in [0.2, 0.25) is 0 Å². The van der Waals surface area contributed by atoms with Crippen LogP contribution in [0.25, 0.3) is 0 Å². The lowest BCUT2D eigenvalue weighted by Crippen LogP contribution is -2.52. The standard InChI is InChI=1S/C23H33N3O4/c1-22(15-19(25-30-22)18-7-3-4-8-20(18)28-2)21(27)24-16-23(9-13-29-14-10-23)17-26-11-5-6-12-26/h3-4,7-8H,5-6,9-17H2,1-2H3,(H,24,27). The summed E-state index contributed by atoms with van der Waals surface area (Å²) in [5.74, 6) is 0.625. The number of benzene rings is 1. The highest BCUT2D eigenvalue weighted by Gasteiger charge is 2.44. The molecule has 3 aliphatic heterocycles. The maximum Gasteiger partial charge on any atom is 0.267 e. The van der Waals surface area contributed by atoms with Gasteiger partial charge in [0.05, 0.1) is 12.8 Å². The molecule has 0 aliphatic carbocycles. The highest BCUT2D eigenvalue weighted by Crippen LogP contribution is 2.34. The van der Waals surface area contributed by atoms with Gasteiger partial charge in [0.15, 0.2) is 0 Å². The van der Waals surface area contributed by atoms with Crippen molar-refractivity contribution in [2.45, 2.75) is 44.6 Å². The summed E-state index contributed by atoms with van der Waals surface area (Å²) in [6, 6.07) is 7.68. The van der Waals surface area contributed by atoms with Gasteiger partial charge in [0, 0.05) is 43.7 Å². The van der Waals surface area contributed by atoms with Crippen molar-refractivity contribution >= 4 is 11.6 Å². The van der Waals surface area contributed by atoms with Crippen molar-refractivity contribution in [2.24, 2.45) is 10.6 Å². The molecule has 7 nitrogen and oxygen atoms in total. The predicted octanol–water partition coefficient (Wildman–Crippen LogP) is 2.59. The van der Waals surface area contributed by atoms with Gasteiger partial charge < -0.3 is 24.5 Å². The van der Waals surface area contributed by atoms with Gasteiger partial charge in [-0.1, -0.05) is 17.3 Å². The average molecular weight is 416 g/mol. The number of carbonyl (C=O) groups excluding carboxylic acids is 1. The van der Waals surface area contributed by atoms with E-state index < -0.39 is 5.60 Å². The maximum atomic E-state index is 13.1. The van der Waals surface area contributed by atoms with Crippen molar-refractivity contribution in [3.05, 3.63) is 29.8 Å². The molecule has 1 N–H and O–H groups in total. The van der Waals surface area contributed by atoms with Crippen molar-refractivity contribution in [1.82, 2.24) is 10.2 Å². The van der Waals surface area contributed by atoms with E-state index in [1.54, 1.807) is 7.11 Å². The molecule has 2 saturated heterocycles.